The number of likely N-dealkylation sites (N-methyl/N-ethyl adjacent to an activating group) is 1. The van der Waals surface area contributed by atoms with Gasteiger partial charge in [-0.1, -0.05) is 12.1 Å². The van der Waals surface area contributed by atoms with Gasteiger partial charge in [0.15, 0.2) is 5.58 Å². The first-order valence-corrected chi connectivity index (χ1v) is 9.38. The van der Waals surface area contributed by atoms with Gasteiger partial charge in [-0.25, -0.2) is 9.78 Å². The molecule has 0 radical (unpaired) electrons. The molecular formula is C20H23N5O3. The van der Waals surface area contributed by atoms with Crippen LogP contribution in [0.15, 0.2) is 51.8 Å². The van der Waals surface area contributed by atoms with Crippen molar-refractivity contribution < 1.29 is 9.21 Å². The zero-order valence-corrected chi connectivity index (χ0v) is 15.8. The molecule has 1 aliphatic rings. The lowest BCUT2D eigenvalue weighted by Gasteiger charge is -2.33. The lowest BCUT2D eigenvalue weighted by molar-refractivity contribution is -0.116. The van der Waals surface area contributed by atoms with Crippen LogP contribution in [-0.4, -0.2) is 53.6 Å². The number of carbonyl (C=O) groups excluding carboxylic acids is 1. The van der Waals surface area contributed by atoms with Crippen molar-refractivity contribution in [1.82, 2.24) is 14.5 Å². The van der Waals surface area contributed by atoms with Crippen LogP contribution in [0.4, 0.5) is 11.5 Å². The molecule has 1 amide bonds. The number of amides is 1. The van der Waals surface area contributed by atoms with Gasteiger partial charge in [0.25, 0.3) is 0 Å². The molecule has 1 N–H and O–H groups in total. The standard InChI is InChI=1S/C20H23N5O3/c1-23-10-12-24(13-11-23)18-7-6-15(14-21-18)22-19(26)8-9-25-16-4-2-3-5-17(16)28-20(25)27/h2-7,14H,8-13H2,1H3,(H,22,26). The number of aromatic nitrogens is 2. The number of nitrogens with zero attached hydrogens (tertiary/aromatic N) is 4. The summed E-state index contributed by atoms with van der Waals surface area (Å²) in [4.78, 5) is 33.2. The summed E-state index contributed by atoms with van der Waals surface area (Å²) in [6.45, 7) is 4.18. The predicted molar refractivity (Wildman–Crippen MR) is 108 cm³/mol. The van der Waals surface area contributed by atoms with Crippen molar-refractivity contribution in [2.24, 2.45) is 0 Å². The molecule has 8 heteroatoms. The van der Waals surface area contributed by atoms with E-state index in [1.807, 2.05) is 18.2 Å². The number of oxazole rings is 1. The van der Waals surface area contributed by atoms with Gasteiger partial charge in [-0.3, -0.25) is 9.36 Å². The van der Waals surface area contributed by atoms with Gasteiger partial charge < -0.3 is 19.5 Å². The van der Waals surface area contributed by atoms with E-state index in [1.54, 1.807) is 24.4 Å². The molecule has 8 nitrogen and oxygen atoms in total. The van der Waals surface area contributed by atoms with Crippen LogP contribution >= 0.6 is 0 Å². The number of fused-ring (bicyclic) bond motifs is 1. The molecule has 1 fully saturated rings. The summed E-state index contributed by atoms with van der Waals surface area (Å²) in [6.07, 6.45) is 1.84. The second kappa shape index (κ2) is 7.85. The highest BCUT2D eigenvalue weighted by atomic mass is 16.4. The SMILES string of the molecule is CN1CCN(c2ccc(NC(=O)CCn3c(=O)oc4ccccc43)cn2)CC1. The number of pyridine rings is 1. The molecule has 0 saturated carbocycles. The number of rotatable bonds is 5. The lowest BCUT2D eigenvalue weighted by atomic mass is 10.3. The van der Waals surface area contributed by atoms with E-state index in [1.165, 1.54) is 4.57 Å². The molecule has 0 aliphatic carbocycles. The monoisotopic (exact) mass is 381 g/mol. The minimum atomic E-state index is -0.452. The van der Waals surface area contributed by atoms with Gasteiger partial charge in [0, 0.05) is 39.1 Å². The van der Waals surface area contributed by atoms with Crippen LogP contribution < -0.4 is 16.0 Å². The van der Waals surface area contributed by atoms with Gasteiger partial charge in [0.2, 0.25) is 5.91 Å². The number of hydrogen-bond acceptors (Lipinski definition) is 6. The van der Waals surface area contributed by atoms with Crippen LogP contribution in [0.1, 0.15) is 6.42 Å². The fourth-order valence-electron chi connectivity index (χ4n) is 3.35. The first-order valence-electron chi connectivity index (χ1n) is 9.38. The van der Waals surface area contributed by atoms with Crippen LogP contribution in [0.5, 0.6) is 0 Å². The van der Waals surface area contributed by atoms with E-state index in [4.69, 9.17) is 4.42 Å². The van der Waals surface area contributed by atoms with Crippen LogP contribution in [0, 0.1) is 0 Å². The molecule has 1 aliphatic heterocycles. The Balaban J connectivity index is 1.35. The van der Waals surface area contributed by atoms with Crippen molar-refractivity contribution in [3.8, 4) is 0 Å². The Morgan fingerprint density at radius 3 is 2.68 bits per heavy atom. The third-order valence-electron chi connectivity index (χ3n) is 5.00. The molecule has 3 aromatic rings. The summed E-state index contributed by atoms with van der Waals surface area (Å²) in [5.41, 5.74) is 1.86. The van der Waals surface area contributed by atoms with E-state index >= 15 is 0 Å². The molecule has 0 unspecified atom stereocenters. The zero-order chi connectivity index (χ0) is 19.5. The maximum Gasteiger partial charge on any atom is 0.419 e. The summed E-state index contributed by atoms with van der Waals surface area (Å²) >= 11 is 0. The average Bonchev–Trinajstić information content (AvgIpc) is 3.03. The van der Waals surface area contributed by atoms with E-state index in [-0.39, 0.29) is 18.9 Å². The molecule has 28 heavy (non-hydrogen) atoms. The normalized spacial score (nSPS) is 15.1. The number of nitrogens with one attached hydrogen (secondary N) is 1. The molecule has 3 heterocycles. The van der Waals surface area contributed by atoms with Crippen molar-refractivity contribution in [3.63, 3.8) is 0 Å². The molecular weight excluding hydrogens is 358 g/mol. The molecule has 1 aromatic carbocycles. The van der Waals surface area contributed by atoms with Crippen molar-refractivity contribution in [2.45, 2.75) is 13.0 Å². The van der Waals surface area contributed by atoms with Gasteiger partial charge in [-0.05, 0) is 31.3 Å². The molecule has 0 bridgehead atoms. The highest BCUT2D eigenvalue weighted by Gasteiger charge is 2.15. The van der Waals surface area contributed by atoms with E-state index in [0.717, 1.165) is 32.0 Å². The highest BCUT2D eigenvalue weighted by Crippen LogP contribution is 2.16. The number of carbonyl (C=O) groups is 1. The maximum atomic E-state index is 12.3. The van der Waals surface area contributed by atoms with Gasteiger partial charge in [0.05, 0.1) is 17.4 Å². The number of para-hydroxylation sites is 2. The van der Waals surface area contributed by atoms with Crippen molar-refractivity contribution in [2.75, 3.05) is 43.4 Å². The van der Waals surface area contributed by atoms with Crippen molar-refractivity contribution in [1.29, 1.82) is 0 Å². The minimum absolute atomic E-state index is 0.170. The third kappa shape index (κ3) is 3.91. The summed E-state index contributed by atoms with van der Waals surface area (Å²) < 4.78 is 6.66. The number of benzene rings is 1. The largest absolute Gasteiger partial charge is 0.419 e. The Labute approximate surface area is 162 Å². The summed E-state index contributed by atoms with van der Waals surface area (Å²) in [7, 11) is 2.11. The summed E-state index contributed by atoms with van der Waals surface area (Å²) in [5, 5.41) is 2.83. The Kier molecular flexibility index (Phi) is 5.12. The Morgan fingerprint density at radius 2 is 1.93 bits per heavy atom. The Hall–Kier alpha value is -3.13. The molecule has 0 atom stereocenters. The predicted octanol–water partition coefficient (Wildman–Crippen LogP) is 1.77. The van der Waals surface area contributed by atoms with Crippen molar-refractivity contribution in [3.05, 3.63) is 53.1 Å². The molecule has 4 rings (SSSR count). The van der Waals surface area contributed by atoms with E-state index in [0.29, 0.717) is 16.8 Å². The topological polar surface area (TPSA) is 83.6 Å². The number of anilines is 2. The first kappa shape index (κ1) is 18.2. The summed E-state index contributed by atoms with van der Waals surface area (Å²) in [5.74, 6) is 0.293. The van der Waals surface area contributed by atoms with E-state index in [2.05, 4.69) is 27.1 Å². The van der Waals surface area contributed by atoms with Crippen LogP contribution in [0.3, 0.4) is 0 Å². The first-order chi connectivity index (χ1) is 13.6. The number of piperazine rings is 1. The zero-order valence-electron chi connectivity index (χ0n) is 15.8. The quantitative estimate of drug-likeness (QED) is 0.725. The highest BCUT2D eigenvalue weighted by molar-refractivity contribution is 5.90. The van der Waals surface area contributed by atoms with Gasteiger partial charge in [-0.15, -0.1) is 0 Å². The van der Waals surface area contributed by atoms with Gasteiger partial charge >= 0.3 is 5.76 Å². The second-order valence-electron chi connectivity index (χ2n) is 6.98. The van der Waals surface area contributed by atoms with Crippen LogP contribution in [0.2, 0.25) is 0 Å². The third-order valence-corrected chi connectivity index (χ3v) is 5.00. The van der Waals surface area contributed by atoms with Gasteiger partial charge in [-0.2, -0.15) is 0 Å². The Morgan fingerprint density at radius 1 is 1.14 bits per heavy atom. The van der Waals surface area contributed by atoms with Gasteiger partial charge in [0.1, 0.15) is 5.82 Å². The Bertz CT molecular complexity index is 1020. The summed E-state index contributed by atoms with van der Waals surface area (Å²) in [6, 6.07) is 11.0. The lowest BCUT2D eigenvalue weighted by Crippen LogP contribution is -2.44. The molecule has 0 spiro atoms. The molecule has 146 valence electrons. The van der Waals surface area contributed by atoms with Crippen LogP contribution in [0.25, 0.3) is 11.1 Å². The smallest absolute Gasteiger partial charge is 0.408 e. The molecule has 2 aromatic heterocycles. The second-order valence-corrected chi connectivity index (χ2v) is 6.98. The van der Waals surface area contributed by atoms with Crippen molar-refractivity contribution >= 4 is 28.5 Å². The van der Waals surface area contributed by atoms with Crippen LogP contribution in [-0.2, 0) is 11.3 Å². The number of aryl methyl sites for hydroxylation is 1. The number of hydrogen-bond donors (Lipinski definition) is 1. The minimum Gasteiger partial charge on any atom is -0.408 e. The fraction of sp³-hybridized carbons (Fsp3) is 0.350. The average molecular weight is 381 g/mol. The molecule has 1 saturated heterocycles. The van der Waals surface area contributed by atoms with E-state index < -0.39 is 5.76 Å². The van der Waals surface area contributed by atoms with E-state index in [9.17, 15) is 9.59 Å². The maximum absolute atomic E-state index is 12.3. The fourth-order valence-corrected chi connectivity index (χ4v) is 3.35.